The predicted octanol–water partition coefficient (Wildman–Crippen LogP) is 2.93. The number of hydrogen-bond donors (Lipinski definition) is 3. The molecule has 28 heavy (non-hydrogen) atoms. The number of carbonyl (C=O) groups excluding carboxylic acids is 1. The topological polar surface area (TPSA) is 99.6 Å². The zero-order chi connectivity index (χ0) is 19.8. The van der Waals surface area contributed by atoms with E-state index in [1.54, 1.807) is 18.2 Å². The van der Waals surface area contributed by atoms with E-state index in [4.69, 9.17) is 15.9 Å². The van der Waals surface area contributed by atoms with Crippen molar-refractivity contribution in [3.63, 3.8) is 0 Å². The molecule has 6 heteroatoms. The molecule has 0 bridgehead atoms. The van der Waals surface area contributed by atoms with Gasteiger partial charge >= 0.3 is 5.97 Å². The lowest BCUT2D eigenvalue weighted by Crippen LogP contribution is -2.39. The Morgan fingerprint density at radius 3 is 2.79 bits per heavy atom. The number of nitrogens with one attached hydrogen (secondary N) is 1. The number of methoxy groups -OCH3 is 1. The van der Waals surface area contributed by atoms with Gasteiger partial charge in [0.25, 0.3) is 0 Å². The number of rotatable bonds is 4. The Kier molecular flexibility index (Phi) is 4.39. The van der Waals surface area contributed by atoms with Crippen LogP contribution in [0, 0.1) is 5.41 Å². The maximum Gasteiger partial charge on any atom is 0.328 e. The normalized spacial score (nSPS) is 15.5. The van der Waals surface area contributed by atoms with Crippen LogP contribution in [-0.2, 0) is 22.5 Å². The van der Waals surface area contributed by atoms with Gasteiger partial charge in [0.15, 0.2) is 0 Å². The highest BCUT2D eigenvalue weighted by molar-refractivity contribution is 5.97. The molecule has 4 rings (SSSR count). The van der Waals surface area contributed by atoms with E-state index in [1.807, 2.05) is 41.3 Å². The second-order valence-electron chi connectivity index (χ2n) is 6.95. The number of hydrogen-bond acceptors (Lipinski definition) is 5. The van der Waals surface area contributed by atoms with Gasteiger partial charge in [-0.3, -0.25) is 5.41 Å². The van der Waals surface area contributed by atoms with Crippen LogP contribution in [0.1, 0.15) is 16.7 Å². The SMILES string of the molecule is COC(=O)C1Cc2ccc(C(=N)N)cc2N1Cc1cc(O)cc2ccccc12. The third-order valence-corrected chi connectivity index (χ3v) is 5.24. The van der Waals surface area contributed by atoms with Crippen LogP contribution in [0.3, 0.4) is 0 Å². The number of amidine groups is 1. The zero-order valence-electron chi connectivity index (χ0n) is 15.5. The summed E-state index contributed by atoms with van der Waals surface area (Å²) in [6.45, 7) is 0.420. The van der Waals surface area contributed by atoms with Crippen LogP contribution >= 0.6 is 0 Å². The number of nitrogens with two attached hydrogens (primary N) is 1. The first kappa shape index (κ1) is 17.9. The number of phenols is 1. The van der Waals surface area contributed by atoms with E-state index < -0.39 is 6.04 Å². The van der Waals surface area contributed by atoms with E-state index in [2.05, 4.69) is 0 Å². The quantitative estimate of drug-likeness (QED) is 0.370. The average Bonchev–Trinajstić information content (AvgIpc) is 3.05. The molecule has 0 fully saturated rings. The molecule has 0 saturated heterocycles. The Balaban J connectivity index is 1.82. The fraction of sp³-hybridized carbons (Fsp3) is 0.182. The summed E-state index contributed by atoms with van der Waals surface area (Å²) in [4.78, 5) is 14.4. The van der Waals surface area contributed by atoms with Gasteiger partial charge in [0.05, 0.1) is 7.11 Å². The fourth-order valence-corrected chi connectivity index (χ4v) is 3.89. The van der Waals surface area contributed by atoms with Crippen LogP contribution in [0.15, 0.2) is 54.6 Å². The van der Waals surface area contributed by atoms with E-state index in [0.29, 0.717) is 18.5 Å². The molecule has 0 amide bonds. The van der Waals surface area contributed by atoms with Gasteiger partial charge in [-0.05, 0) is 40.1 Å². The molecule has 1 atom stereocenters. The van der Waals surface area contributed by atoms with Crippen LogP contribution in [0.5, 0.6) is 5.75 Å². The fourth-order valence-electron chi connectivity index (χ4n) is 3.89. The van der Waals surface area contributed by atoms with Gasteiger partial charge < -0.3 is 20.5 Å². The molecular formula is C22H21N3O3. The number of carbonyl (C=O) groups is 1. The Labute approximate surface area is 162 Å². The molecule has 1 heterocycles. The number of ether oxygens (including phenoxy) is 1. The summed E-state index contributed by atoms with van der Waals surface area (Å²) in [6, 6.07) is 16.3. The van der Waals surface area contributed by atoms with Crippen molar-refractivity contribution in [2.45, 2.75) is 19.0 Å². The largest absolute Gasteiger partial charge is 0.508 e. The summed E-state index contributed by atoms with van der Waals surface area (Å²) in [7, 11) is 1.38. The number of fused-ring (bicyclic) bond motifs is 2. The number of esters is 1. The van der Waals surface area contributed by atoms with E-state index in [9.17, 15) is 9.90 Å². The molecule has 0 aromatic heterocycles. The summed E-state index contributed by atoms with van der Waals surface area (Å²) in [5.41, 5.74) is 9.04. The van der Waals surface area contributed by atoms with Gasteiger partial charge in [0.2, 0.25) is 0 Å². The molecular weight excluding hydrogens is 354 g/mol. The van der Waals surface area contributed by atoms with E-state index in [1.165, 1.54) is 7.11 Å². The van der Waals surface area contributed by atoms with Crippen LogP contribution in [0.2, 0.25) is 0 Å². The predicted molar refractivity (Wildman–Crippen MR) is 109 cm³/mol. The van der Waals surface area contributed by atoms with E-state index >= 15 is 0 Å². The summed E-state index contributed by atoms with van der Waals surface area (Å²) in [5.74, 6) is -0.155. The van der Waals surface area contributed by atoms with Crippen molar-refractivity contribution >= 4 is 28.3 Å². The first-order valence-corrected chi connectivity index (χ1v) is 9.00. The molecule has 1 unspecified atom stereocenters. The second kappa shape index (κ2) is 6.88. The summed E-state index contributed by atoms with van der Waals surface area (Å²) >= 11 is 0. The Morgan fingerprint density at radius 2 is 2.04 bits per heavy atom. The minimum absolute atomic E-state index is 0.0212. The third-order valence-electron chi connectivity index (χ3n) is 5.24. The van der Waals surface area contributed by atoms with Crippen molar-refractivity contribution in [1.82, 2.24) is 0 Å². The summed E-state index contributed by atoms with van der Waals surface area (Å²) in [6.07, 6.45) is 0.525. The molecule has 3 aromatic rings. The van der Waals surface area contributed by atoms with Crippen molar-refractivity contribution < 1.29 is 14.6 Å². The molecule has 3 aromatic carbocycles. The lowest BCUT2D eigenvalue weighted by Gasteiger charge is -2.27. The molecule has 1 aliphatic heterocycles. The molecule has 6 nitrogen and oxygen atoms in total. The molecule has 0 radical (unpaired) electrons. The molecule has 1 aliphatic rings. The number of nitrogen functional groups attached to an aromatic ring is 1. The first-order chi connectivity index (χ1) is 13.5. The lowest BCUT2D eigenvalue weighted by molar-refractivity contribution is -0.142. The summed E-state index contributed by atoms with van der Waals surface area (Å²) < 4.78 is 5.03. The molecule has 0 saturated carbocycles. The van der Waals surface area contributed by atoms with Crippen LogP contribution in [0.4, 0.5) is 5.69 Å². The number of aromatic hydroxyl groups is 1. The average molecular weight is 375 g/mol. The van der Waals surface area contributed by atoms with Gasteiger partial charge in [0.1, 0.15) is 17.6 Å². The van der Waals surface area contributed by atoms with Crippen molar-refractivity contribution in [3.05, 3.63) is 71.3 Å². The molecule has 0 spiro atoms. The molecule has 142 valence electrons. The third kappa shape index (κ3) is 3.03. The van der Waals surface area contributed by atoms with Gasteiger partial charge in [-0.1, -0.05) is 36.4 Å². The maximum atomic E-state index is 12.5. The molecule has 0 aliphatic carbocycles. The van der Waals surface area contributed by atoms with Gasteiger partial charge in [-0.2, -0.15) is 0 Å². The first-order valence-electron chi connectivity index (χ1n) is 9.00. The smallest absolute Gasteiger partial charge is 0.328 e. The number of anilines is 1. The number of nitrogens with zero attached hydrogens (tertiary/aromatic N) is 1. The second-order valence-corrected chi connectivity index (χ2v) is 6.95. The van der Waals surface area contributed by atoms with E-state index in [-0.39, 0.29) is 17.6 Å². The highest BCUT2D eigenvalue weighted by atomic mass is 16.5. The van der Waals surface area contributed by atoms with Gasteiger partial charge in [0, 0.05) is 24.2 Å². The van der Waals surface area contributed by atoms with Crippen molar-refractivity contribution in [1.29, 1.82) is 5.41 Å². The Bertz CT molecular complexity index is 1090. The standard InChI is InChI=1S/C22H21N3O3/c1-28-22(27)20-10-14-6-7-15(21(23)24)11-19(14)25(20)12-16-9-17(26)8-13-4-2-3-5-18(13)16/h2-9,11,20,26H,10,12H2,1H3,(H3,23,24). The minimum atomic E-state index is -0.469. The Morgan fingerprint density at radius 1 is 1.25 bits per heavy atom. The van der Waals surface area contributed by atoms with Crippen molar-refractivity contribution in [3.8, 4) is 5.75 Å². The highest BCUT2D eigenvalue weighted by Crippen LogP contribution is 2.36. The highest BCUT2D eigenvalue weighted by Gasteiger charge is 2.35. The Hall–Kier alpha value is -3.54. The van der Waals surface area contributed by atoms with Crippen LogP contribution in [-0.4, -0.2) is 30.1 Å². The monoisotopic (exact) mass is 375 g/mol. The number of benzene rings is 3. The van der Waals surface area contributed by atoms with Gasteiger partial charge in [-0.25, -0.2) is 4.79 Å². The maximum absolute atomic E-state index is 12.5. The van der Waals surface area contributed by atoms with Crippen molar-refractivity contribution in [2.24, 2.45) is 5.73 Å². The van der Waals surface area contributed by atoms with Crippen LogP contribution < -0.4 is 10.6 Å². The molecule has 4 N–H and O–H groups in total. The van der Waals surface area contributed by atoms with Gasteiger partial charge in [-0.15, -0.1) is 0 Å². The summed E-state index contributed by atoms with van der Waals surface area (Å²) in [5, 5.41) is 19.8. The lowest BCUT2D eigenvalue weighted by atomic mass is 10.0. The van der Waals surface area contributed by atoms with Crippen LogP contribution in [0.25, 0.3) is 10.8 Å². The van der Waals surface area contributed by atoms with Crippen molar-refractivity contribution in [2.75, 3.05) is 12.0 Å². The minimum Gasteiger partial charge on any atom is -0.508 e. The van der Waals surface area contributed by atoms with E-state index in [0.717, 1.165) is 27.6 Å². The number of phenolic OH excluding ortho intramolecular Hbond substituents is 1. The zero-order valence-corrected chi connectivity index (χ0v) is 15.5.